The van der Waals surface area contributed by atoms with Gasteiger partial charge in [0, 0.05) is 26.0 Å². The van der Waals surface area contributed by atoms with Crippen LogP contribution >= 0.6 is 0 Å². The summed E-state index contributed by atoms with van der Waals surface area (Å²) in [7, 11) is 2.10. The van der Waals surface area contributed by atoms with Gasteiger partial charge in [0.25, 0.3) is 0 Å². The molecule has 0 aliphatic carbocycles. The number of benzene rings is 2. The van der Waals surface area contributed by atoms with E-state index in [1.165, 1.54) is 0 Å². The minimum absolute atomic E-state index is 0.0424. The molecule has 0 amide bonds. The van der Waals surface area contributed by atoms with Crippen molar-refractivity contribution in [2.24, 2.45) is 10.9 Å². The fourth-order valence-corrected chi connectivity index (χ4v) is 3.34. The van der Waals surface area contributed by atoms with Crippen LogP contribution in [0.1, 0.15) is 37.4 Å². The Morgan fingerprint density at radius 1 is 1.14 bits per heavy atom. The van der Waals surface area contributed by atoms with E-state index < -0.39 is 0 Å². The standard InChI is InChI=1S/C23H28N4O/c1-17(2)11-13-26(4)22-15-19(7-10-21(22)24-3)23(27-14-12-25-16-27)18-5-8-20(28)9-6-18/h5-10,12,14-17,23,28H,3,11,13H2,1-2,4H3. The summed E-state index contributed by atoms with van der Waals surface area (Å²) in [4.78, 5) is 10.7. The van der Waals surface area contributed by atoms with Gasteiger partial charge in [0.1, 0.15) is 5.75 Å². The molecule has 1 atom stereocenters. The van der Waals surface area contributed by atoms with E-state index in [1.54, 1.807) is 18.3 Å². The summed E-state index contributed by atoms with van der Waals surface area (Å²) in [6.45, 7) is 9.16. The number of hydrogen-bond acceptors (Lipinski definition) is 4. The van der Waals surface area contributed by atoms with Gasteiger partial charge in [0.2, 0.25) is 0 Å². The van der Waals surface area contributed by atoms with E-state index in [4.69, 9.17) is 0 Å². The van der Waals surface area contributed by atoms with E-state index in [1.807, 2.05) is 30.7 Å². The van der Waals surface area contributed by atoms with Crippen LogP contribution in [-0.4, -0.2) is 35.0 Å². The molecule has 0 aliphatic heterocycles. The molecule has 1 N–H and O–H groups in total. The molecule has 0 spiro atoms. The molecule has 3 aromatic rings. The maximum atomic E-state index is 9.68. The molecule has 0 fully saturated rings. The van der Waals surface area contributed by atoms with Crippen LogP contribution in [0.15, 0.2) is 66.2 Å². The molecule has 2 aromatic carbocycles. The van der Waals surface area contributed by atoms with E-state index in [0.29, 0.717) is 5.92 Å². The molecular formula is C23H28N4O. The molecule has 0 radical (unpaired) electrons. The fourth-order valence-electron chi connectivity index (χ4n) is 3.34. The van der Waals surface area contributed by atoms with Crippen LogP contribution in [0.5, 0.6) is 5.75 Å². The number of aliphatic imine (C=N–C) groups is 1. The van der Waals surface area contributed by atoms with Crippen molar-refractivity contribution in [3.8, 4) is 5.75 Å². The summed E-state index contributed by atoms with van der Waals surface area (Å²) < 4.78 is 2.07. The van der Waals surface area contributed by atoms with Crippen molar-refractivity contribution in [1.29, 1.82) is 0 Å². The van der Waals surface area contributed by atoms with Gasteiger partial charge in [0.15, 0.2) is 0 Å². The third-order valence-electron chi connectivity index (χ3n) is 4.97. The van der Waals surface area contributed by atoms with Crippen molar-refractivity contribution in [3.05, 3.63) is 72.3 Å². The van der Waals surface area contributed by atoms with Crippen LogP contribution in [0.3, 0.4) is 0 Å². The largest absolute Gasteiger partial charge is 0.508 e. The van der Waals surface area contributed by atoms with Gasteiger partial charge in [0.05, 0.1) is 23.7 Å². The number of phenols is 1. The lowest BCUT2D eigenvalue weighted by atomic mass is 9.97. The third kappa shape index (κ3) is 4.42. The van der Waals surface area contributed by atoms with Crippen molar-refractivity contribution in [1.82, 2.24) is 9.55 Å². The number of aromatic nitrogens is 2. The van der Waals surface area contributed by atoms with Crippen molar-refractivity contribution >= 4 is 18.1 Å². The minimum Gasteiger partial charge on any atom is -0.508 e. The average molecular weight is 377 g/mol. The molecule has 3 rings (SSSR count). The Kier molecular flexibility index (Phi) is 6.14. The van der Waals surface area contributed by atoms with Gasteiger partial charge in [-0.3, -0.25) is 4.99 Å². The predicted octanol–water partition coefficient (Wildman–Crippen LogP) is 5.04. The molecule has 5 nitrogen and oxygen atoms in total. The number of anilines is 1. The zero-order chi connectivity index (χ0) is 20.1. The topological polar surface area (TPSA) is 53.7 Å². The second-order valence-electron chi connectivity index (χ2n) is 7.51. The monoisotopic (exact) mass is 376 g/mol. The lowest BCUT2D eigenvalue weighted by Crippen LogP contribution is -2.20. The van der Waals surface area contributed by atoms with Gasteiger partial charge in [-0.05, 0) is 54.4 Å². The van der Waals surface area contributed by atoms with Crippen LogP contribution < -0.4 is 4.90 Å². The van der Waals surface area contributed by atoms with E-state index in [9.17, 15) is 5.11 Å². The first-order valence-electron chi connectivity index (χ1n) is 9.57. The summed E-state index contributed by atoms with van der Waals surface area (Å²) >= 11 is 0. The summed E-state index contributed by atoms with van der Waals surface area (Å²) in [5.74, 6) is 0.898. The highest BCUT2D eigenvalue weighted by atomic mass is 16.3. The maximum Gasteiger partial charge on any atom is 0.115 e. The normalized spacial score (nSPS) is 12.1. The van der Waals surface area contributed by atoms with E-state index >= 15 is 0 Å². The van der Waals surface area contributed by atoms with E-state index in [2.05, 4.69) is 59.2 Å². The van der Waals surface area contributed by atoms with Crippen LogP contribution in [0.25, 0.3) is 0 Å². The zero-order valence-corrected chi connectivity index (χ0v) is 16.8. The van der Waals surface area contributed by atoms with Gasteiger partial charge in [-0.2, -0.15) is 0 Å². The second kappa shape index (κ2) is 8.74. The quantitative estimate of drug-likeness (QED) is 0.560. The summed E-state index contributed by atoms with van der Waals surface area (Å²) in [5, 5.41) is 9.68. The molecular weight excluding hydrogens is 348 g/mol. The molecule has 0 aliphatic rings. The van der Waals surface area contributed by atoms with Crippen molar-refractivity contribution in [2.45, 2.75) is 26.3 Å². The first-order valence-corrected chi connectivity index (χ1v) is 9.57. The Morgan fingerprint density at radius 2 is 1.86 bits per heavy atom. The molecule has 28 heavy (non-hydrogen) atoms. The second-order valence-corrected chi connectivity index (χ2v) is 7.51. The Balaban J connectivity index is 2.04. The van der Waals surface area contributed by atoms with Gasteiger partial charge < -0.3 is 14.6 Å². The lowest BCUT2D eigenvalue weighted by molar-refractivity contribution is 0.474. The predicted molar refractivity (Wildman–Crippen MR) is 116 cm³/mol. The Hall–Kier alpha value is -3.08. The average Bonchev–Trinajstić information content (AvgIpc) is 3.22. The third-order valence-corrected chi connectivity index (χ3v) is 4.97. The molecule has 5 heteroatoms. The minimum atomic E-state index is -0.0424. The number of nitrogens with zero attached hydrogens (tertiary/aromatic N) is 4. The smallest absolute Gasteiger partial charge is 0.115 e. The number of rotatable bonds is 8. The van der Waals surface area contributed by atoms with Gasteiger partial charge in [-0.1, -0.05) is 32.0 Å². The van der Waals surface area contributed by atoms with Crippen LogP contribution in [0.2, 0.25) is 0 Å². The molecule has 1 aromatic heterocycles. The van der Waals surface area contributed by atoms with Crippen molar-refractivity contribution in [3.63, 3.8) is 0 Å². The fraction of sp³-hybridized carbons (Fsp3) is 0.304. The van der Waals surface area contributed by atoms with Crippen molar-refractivity contribution < 1.29 is 5.11 Å². The molecule has 146 valence electrons. The van der Waals surface area contributed by atoms with E-state index in [0.717, 1.165) is 35.5 Å². The molecule has 1 heterocycles. The Bertz CT molecular complexity index is 901. The SMILES string of the molecule is C=Nc1ccc(C(c2ccc(O)cc2)n2ccnc2)cc1N(C)CCC(C)C. The highest BCUT2D eigenvalue weighted by molar-refractivity contribution is 5.70. The Morgan fingerprint density at radius 3 is 2.46 bits per heavy atom. The highest BCUT2D eigenvalue weighted by Gasteiger charge is 2.19. The summed E-state index contributed by atoms with van der Waals surface area (Å²) in [6, 6.07) is 13.6. The molecule has 0 saturated heterocycles. The van der Waals surface area contributed by atoms with Gasteiger partial charge >= 0.3 is 0 Å². The van der Waals surface area contributed by atoms with Crippen molar-refractivity contribution in [2.75, 3.05) is 18.5 Å². The van der Waals surface area contributed by atoms with Crippen LogP contribution in [0.4, 0.5) is 11.4 Å². The number of aromatic hydroxyl groups is 1. The zero-order valence-electron chi connectivity index (χ0n) is 16.8. The highest BCUT2D eigenvalue weighted by Crippen LogP contribution is 2.35. The maximum absolute atomic E-state index is 9.68. The Labute approximate surface area is 167 Å². The summed E-state index contributed by atoms with van der Waals surface area (Å²) in [6.07, 6.45) is 6.67. The number of hydrogen-bond donors (Lipinski definition) is 1. The molecule has 0 bridgehead atoms. The molecule has 1 unspecified atom stereocenters. The van der Waals surface area contributed by atoms with Crippen LogP contribution in [-0.2, 0) is 0 Å². The van der Waals surface area contributed by atoms with Crippen LogP contribution in [0, 0.1) is 5.92 Å². The molecule has 0 saturated carbocycles. The first kappa shape index (κ1) is 19.7. The lowest BCUT2D eigenvalue weighted by Gasteiger charge is -2.25. The summed E-state index contributed by atoms with van der Waals surface area (Å²) in [5.41, 5.74) is 4.15. The van der Waals surface area contributed by atoms with E-state index in [-0.39, 0.29) is 11.8 Å². The number of phenolic OH excluding ortho intramolecular Hbond substituents is 1. The van der Waals surface area contributed by atoms with Gasteiger partial charge in [-0.15, -0.1) is 0 Å². The van der Waals surface area contributed by atoms with Gasteiger partial charge in [-0.25, -0.2) is 4.98 Å². The first-order chi connectivity index (χ1) is 13.5. The number of imidazole rings is 1.